The molecule has 3 amide bonds. The molecule has 162 valence electrons. The molecule has 2 rings (SSSR count). The van der Waals surface area contributed by atoms with Gasteiger partial charge in [0.2, 0.25) is 5.91 Å². The first-order valence-corrected chi connectivity index (χ1v) is 10.6. The van der Waals surface area contributed by atoms with Crippen LogP contribution >= 0.6 is 23.2 Å². The van der Waals surface area contributed by atoms with Crippen LogP contribution in [0.3, 0.4) is 0 Å². The SMILES string of the molecule is CN(C)CC(=O)Nc1ccc(NC(=O)Nc2ccc(N(CCCl)CCCl)cc2)cc1. The zero-order valence-corrected chi connectivity index (χ0v) is 18.6. The molecule has 0 aliphatic carbocycles. The van der Waals surface area contributed by atoms with Crippen molar-refractivity contribution < 1.29 is 9.59 Å². The molecular weight excluding hydrogens is 425 g/mol. The van der Waals surface area contributed by atoms with E-state index in [1.54, 1.807) is 29.2 Å². The van der Waals surface area contributed by atoms with Crippen molar-refractivity contribution in [1.82, 2.24) is 4.90 Å². The number of nitrogens with one attached hydrogen (secondary N) is 3. The smallest absolute Gasteiger partial charge is 0.323 e. The van der Waals surface area contributed by atoms with Crippen LogP contribution in [0.5, 0.6) is 0 Å². The molecule has 0 radical (unpaired) electrons. The first-order chi connectivity index (χ1) is 14.4. The zero-order chi connectivity index (χ0) is 21.9. The molecular formula is C21H27Cl2N5O2. The summed E-state index contributed by atoms with van der Waals surface area (Å²) in [7, 11) is 3.66. The fourth-order valence-corrected chi connectivity index (χ4v) is 3.16. The summed E-state index contributed by atoms with van der Waals surface area (Å²) in [4.78, 5) is 27.9. The van der Waals surface area contributed by atoms with Crippen molar-refractivity contribution >= 4 is 57.9 Å². The summed E-state index contributed by atoms with van der Waals surface area (Å²) in [6.45, 7) is 1.71. The fourth-order valence-electron chi connectivity index (χ4n) is 2.75. The fraction of sp³-hybridized carbons (Fsp3) is 0.333. The quantitative estimate of drug-likeness (QED) is 0.474. The topological polar surface area (TPSA) is 76.7 Å². The van der Waals surface area contributed by atoms with Crippen LogP contribution in [0.2, 0.25) is 0 Å². The van der Waals surface area contributed by atoms with Gasteiger partial charge in [-0.25, -0.2) is 4.79 Å². The highest BCUT2D eigenvalue weighted by molar-refractivity contribution is 6.18. The van der Waals surface area contributed by atoms with Gasteiger partial charge >= 0.3 is 6.03 Å². The van der Waals surface area contributed by atoms with Crippen molar-refractivity contribution in [3.8, 4) is 0 Å². The number of alkyl halides is 2. The molecule has 2 aromatic rings. The summed E-state index contributed by atoms with van der Waals surface area (Å²) in [5.41, 5.74) is 2.95. The number of amides is 3. The third kappa shape index (κ3) is 8.10. The number of carbonyl (C=O) groups is 2. The molecule has 0 aliphatic heterocycles. The Bertz CT molecular complexity index is 807. The average molecular weight is 452 g/mol. The first kappa shape index (κ1) is 23.8. The summed E-state index contributed by atoms with van der Waals surface area (Å²) >= 11 is 11.7. The van der Waals surface area contributed by atoms with Gasteiger partial charge in [-0.1, -0.05) is 0 Å². The molecule has 0 bridgehead atoms. The molecule has 0 saturated heterocycles. The number of hydrogen-bond donors (Lipinski definition) is 3. The highest BCUT2D eigenvalue weighted by Crippen LogP contribution is 2.19. The predicted octanol–water partition coefficient (Wildman–Crippen LogP) is 4.11. The minimum absolute atomic E-state index is 0.0995. The van der Waals surface area contributed by atoms with Gasteiger partial charge < -0.3 is 25.8 Å². The van der Waals surface area contributed by atoms with Crippen molar-refractivity contribution in [2.75, 3.05) is 66.3 Å². The lowest BCUT2D eigenvalue weighted by Crippen LogP contribution is -2.27. The Morgan fingerprint density at radius 2 is 1.20 bits per heavy atom. The molecule has 0 fully saturated rings. The van der Waals surface area contributed by atoms with Crippen LogP contribution in [0.4, 0.5) is 27.5 Å². The maximum absolute atomic E-state index is 12.2. The Balaban J connectivity index is 1.88. The number of hydrogen-bond acceptors (Lipinski definition) is 4. The molecule has 0 spiro atoms. The molecule has 0 aromatic heterocycles. The maximum Gasteiger partial charge on any atom is 0.323 e. The van der Waals surface area contributed by atoms with Crippen LogP contribution in [0, 0.1) is 0 Å². The van der Waals surface area contributed by atoms with E-state index in [9.17, 15) is 9.59 Å². The normalized spacial score (nSPS) is 10.6. The van der Waals surface area contributed by atoms with Gasteiger partial charge in [0.1, 0.15) is 0 Å². The number of anilines is 4. The van der Waals surface area contributed by atoms with E-state index in [1.165, 1.54) is 0 Å². The van der Waals surface area contributed by atoms with Crippen molar-refractivity contribution in [2.24, 2.45) is 0 Å². The van der Waals surface area contributed by atoms with E-state index in [0.717, 1.165) is 5.69 Å². The van der Waals surface area contributed by atoms with Crippen molar-refractivity contribution in [1.29, 1.82) is 0 Å². The molecule has 9 heteroatoms. The van der Waals surface area contributed by atoms with E-state index in [4.69, 9.17) is 23.2 Å². The average Bonchev–Trinajstić information content (AvgIpc) is 2.69. The Labute approximate surface area is 187 Å². The zero-order valence-electron chi connectivity index (χ0n) is 17.1. The third-order valence-electron chi connectivity index (χ3n) is 4.09. The molecule has 0 unspecified atom stereocenters. The highest BCUT2D eigenvalue weighted by atomic mass is 35.5. The van der Waals surface area contributed by atoms with Crippen molar-refractivity contribution in [3.05, 3.63) is 48.5 Å². The van der Waals surface area contributed by atoms with Gasteiger partial charge in [0.05, 0.1) is 6.54 Å². The number of likely N-dealkylation sites (N-methyl/N-ethyl adjacent to an activating group) is 1. The van der Waals surface area contributed by atoms with Gasteiger partial charge in [-0.05, 0) is 62.6 Å². The summed E-state index contributed by atoms with van der Waals surface area (Å²) in [5, 5.41) is 8.35. The molecule has 30 heavy (non-hydrogen) atoms. The lowest BCUT2D eigenvalue weighted by Gasteiger charge is -2.23. The van der Waals surface area contributed by atoms with Crippen LogP contribution in [-0.4, -0.2) is 62.3 Å². The first-order valence-electron chi connectivity index (χ1n) is 9.51. The Kier molecular flexibility index (Phi) is 9.73. The van der Waals surface area contributed by atoms with E-state index in [-0.39, 0.29) is 11.9 Å². The van der Waals surface area contributed by atoms with Crippen LogP contribution in [0.15, 0.2) is 48.5 Å². The second-order valence-electron chi connectivity index (χ2n) is 6.85. The number of nitrogens with zero attached hydrogens (tertiary/aromatic N) is 2. The summed E-state index contributed by atoms with van der Waals surface area (Å²) < 4.78 is 0. The molecule has 0 heterocycles. The van der Waals surface area contributed by atoms with Crippen LogP contribution < -0.4 is 20.9 Å². The van der Waals surface area contributed by atoms with E-state index < -0.39 is 0 Å². The number of urea groups is 1. The van der Waals surface area contributed by atoms with E-state index in [1.807, 2.05) is 38.4 Å². The molecule has 3 N–H and O–H groups in total. The van der Waals surface area contributed by atoms with Crippen LogP contribution in [0.25, 0.3) is 0 Å². The monoisotopic (exact) mass is 451 g/mol. The standard InChI is InChI=1S/C21H27Cl2N5O2/c1-27(2)15-20(29)24-16-3-5-17(6-4-16)25-21(30)26-18-7-9-19(10-8-18)28(13-11-22)14-12-23/h3-10H,11-15H2,1-2H3,(H,24,29)(H2,25,26,30). The minimum atomic E-state index is -0.356. The van der Waals surface area contributed by atoms with Gasteiger partial charge in [-0.2, -0.15) is 0 Å². The number of carbonyl (C=O) groups excluding carboxylic acids is 2. The molecule has 0 saturated carbocycles. The minimum Gasteiger partial charge on any atom is -0.369 e. The molecule has 2 aromatic carbocycles. The Hall–Kier alpha value is -2.48. The highest BCUT2D eigenvalue weighted by Gasteiger charge is 2.08. The lowest BCUT2D eigenvalue weighted by atomic mass is 10.2. The number of rotatable bonds is 10. The van der Waals surface area contributed by atoms with Gasteiger partial charge in [-0.15, -0.1) is 23.2 Å². The van der Waals surface area contributed by atoms with Crippen LogP contribution in [0.1, 0.15) is 0 Å². The molecule has 0 aliphatic rings. The van der Waals surface area contributed by atoms with E-state index >= 15 is 0 Å². The van der Waals surface area contributed by atoms with Crippen LogP contribution in [-0.2, 0) is 4.79 Å². The molecule has 7 nitrogen and oxygen atoms in total. The second-order valence-corrected chi connectivity index (χ2v) is 7.61. The van der Waals surface area contributed by atoms with E-state index in [0.29, 0.717) is 48.5 Å². The summed E-state index contributed by atoms with van der Waals surface area (Å²) in [5.74, 6) is 0.923. The maximum atomic E-state index is 12.2. The third-order valence-corrected chi connectivity index (χ3v) is 4.42. The van der Waals surface area contributed by atoms with Crippen molar-refractivity contribution in [2.45, 2.75) is 0 Å². The van der Waals surface area contributed by atoms with Gasteiger partial charge in [-0.3, -0.25) is 4.79 Å². The predicted molar refractivity (Wildman–Crippen MR) is 126 cm³/mol. The van der Waals surface area contributed by atoms with Crippen molar-refractivity contribution in [3.63, 3.8) is 0 Å². The van der Waals surface area contributed by atoms with Gasteiger partial charge in [0.15, 0.2) is 0 Å². The summed E-state index contributed by atoms with van der Waals surface area (Å²) in [6, 6.07) is 14.1. The van der Waals surface area contributed by atoms with Gasteiger partial charge in [0, 0.05) is 47.6 Å². The van der Waals surface area contributed by atoms with Gasteiger partial charge in [0.25, 0.3) is 0 Å². The largest absolute Gasteiger partial charge is 0.369 e. The lowest BCUT2D eigenvalue weighted by molar-refractivity contribution is -0.116. The second kappa shape index (κ2) is 12.3. The molecule has 0 atom stereocenters. The Morgan fingerprint density at radius 1 is 0.767 bits per heavy atom. The van der Waals surface area contributed by atoms with E-state index in [2.05, 4.69) is 20.9 Å². The Morgan fingerprint density at radius 3 is 1.63 bits per heavy atom. The summed E-state index contributed by atoms with van der Waals surface area (Å²) in [6.07, 6.45) is 0. The number of benzene rings is 2. The number of halogens is 2.